The lowest BCUT2D eigenvalue weighted by Crippen LogP contribution is -2.47. The number of rotatable bonds is 9. The van der Waals surface area contributed by atoms with Gasteiger partial charge in [-0.05, 0) is 49.9 Å². The van der Waals surface area contributed by atoms with Crippen molar-refractivity contribution in [3.63, 3.8) is 0 Å². The summed E-state index contributed by atoms with van der Waals surface area (Å²) in [6.07, 6.45) is -11.5. The predicted molar refractivity (Wildman–Crippen MR) is 144 cm³/mol. The molecule has 2 aromatic carbocycles. The Morgan fingerprint density at radius 2 is 1.81 bits per heavy atom. The van der Waals surface area contributed by atoms with E-state index in [9.17, 15) is 41.0 Å². The van der Waals surface area contributed by atoms with Gasteiger partial charge in [-0.25, -0.2) is 0 Å². The van der Waals surface area contributed by atoms with Crippen molar-refractivity contribution >= 4 is 17.5 Å². The molecule has 42 heavy (non-hydrogen) atoms. The number of benzene rings is 2. The number of hydrogen-bond donors (Lipinski definition) is 2. The van der Waals surface area contributed by atoms with Crippen molar-refractivity contribution in [2.24, 2.45) is 5.92 Å². The number of fused-ring (bicyclic) bond motifs is 1. The molecule has 2 aromatic rings. The predicted octanol–water partition coefficient (Wildman–Crippen LogP) is 5.27. The number of ether oxygens (including phenoxy) is 1. The molecule has 0 fully saturated rings. The van der Waals surface area contributed by atoms with Crippen LogP contribution in [-0.2, 0) is 28.7 Å². The van der Waals surface area contributed by atoms with Crippen molar-refractivity contribution in [2.75, 3.05) is 32.1 Å². The number of nitrogens with zero attached hydrogens (tertiary/aromatic N) is 2. The molecule has 2 N–H and O–H groups in total. The number of carbonyl (C=O) groups is 2. The van der Waals surface area contributed by atoms with Gasteiger partial charge in [0.2, 0.25) is 11.8 Å². The van der Waals surface area contributed by atoms with E-state index < -0.39 is 48.8 Å². The third-order valence-corrected chi connectivity index (χ3v) is 7.06. The normalized spacial score (nSPS) is 18.9. The van der Waals surface area contributed by atoms with Gasteiger partial charge < -0.3 is 20.1 Å². The maximum Gasteiger partial charge on any atom is 0.416 e. The smallest absolute Gasteiger partial charge is 0.416 e. The molecule has 232 valence electrons. The molecule has 13 heteroatoms. The maximum atomic E-state index is 13.3. The highest BCUT2D eigenvalue weighted by Crippen LogP contribution is 2.31. The zero-order chi connectivity index (χ0) is 31.2. The van der Waals surface area contributed by atoms with Crippen LogP contribution in [0, 0.1) is 5.92 Å². The van der Waals surface area contributed by atoms with E-state index in [4.69, 9.17) is 4.74 Å². The minimum Gasteiger partial charge on any atom is -0.488 e. The Morgan fingerprint density at radius 3 is 2.40 bits per heavy atom. The highest BCUT2D eigenvalue weighted by molar-refractivity contribution is 5.91. The first-order valence-corrected chi connectivity index (χ1v) is 13.5. The molecule has 7 nitrogen and oxygen atoms in total. The number of alkyl halides is 6. The van der Waals surface area contributed by atoms with Gasteiger partial charge in [-0.15, -0.1) is 0 Å². The SMILES string of the molecule is C[C@@H]1CN([C@H](C)CO)C(=O)Cc2cc(NC(=O)CCC(F)(F)F)ccc2O[C@@H]1CN(C)Cc1ccc(C(F)(F)F)cc1. The minimum absolute atomic E-state index is 0.132. The molecule has 3 rings (SSSR count). The zero-order valence-electron chi connectivity index (χ0n) is 23.6. The van der Waals surface area contributed by atoms with E-state index in [1.54, 1.807) is 24.9 Å². The van der Waals surface area contributed by atoms with Crippen LogP contribution in [0.2, 0.25) is 0 Å². The number of amides is 2. The van der Waals surface area contributed by atoms with E-state index in [2.05, 4.69) is 5.32 Å². The molecule has 0 spiro atoms. The van der Waals surface area contributed by atoms with Gasteiger partial charge in [0.05, 0.1) is 31.1 Å². The summed E-state index contributed by atoms with van der Waals surface area (Å²) >= 11 is 0. The first-order chi connectivity index (χ1) is 19.6. The van der Waals surface area contributed by atoms with Gasteiger partial charge in [-0.1, -0.05) is 19.1 Å². The molecule has 0 radical (unpaired) electrons. The Balaban J connectivity index is 1.83. The van der Waals surface area contributed by atoms with Gasteiger partial charge in [0.15, 0.2) is 0 Å². The number of nitrogens with one attached hydrogen (secondary N) is 1. The van der Waals surface area contributed by atoms with Gasteiger partial charge in [0, 0.05) is 43.2 Å². The van der Waals surface area contributed by atoms with Gasteiger partial charge in [-0.2, -0.15) is 26.3 Å². The van der Waals surface area contributed by atoms with E-state index in [0.29, 0.717) is 30.0 Å². The molecule has 0 bridgehead atoms. The molecule has 0 saturated carbocycles. The second-order valence-corrected chi connectivity index (χ2v) is 10.8. The van der Waals surface area contributed by atoms with Crippen molar-refractivity contribution in [3.05, 3.63) is 59.2 Å². The van der Waals surface area contributed by atoms with E-state index in [-0.39, 0.29) is 37.1 Å². The number of halogens is 6. The fraction of sp³-hybridized carbons (Fsp3) is 0.517. The Morgan fingerprint density at radius 1 is 1.14 bits per heavy atom. The Bertz CT molecular complexity index is 1220. The molecule has 1 aliphatic rings. The summed E-state index contributed by atoms with van der Waals surface area (Å²) in [6, 6.07) is 8.88. The molecule has 0 aliphatic carbocycles. The summed E-state index contributed by atoms with van der Waals surface area (Å²) in [5, 5.41) is 12.2. The van der Waals surface area contributed by atoms with Crippen LogP contribution in [0.15, 0.2) is 42.5 Å². The highest BCUT2D eigenvalue weighted by atomic mass is 19.4. The Kier molecular flexibility index (Phi) is 10.9. The second kappa shape index (κ2) is 13.8. The van der Waals surface area contributed by atoms with Crippen LogP contribution < -0.4 is 10.1 Å². The third kappa shape index (κ3) is 9.62. The standard InChI is InChI=1S/C29H35F6N3O4/c1-18-14-38(19(2)17-39)27(41)13-21-12-23(36-26(40)10-11-28(30,31)32)8-9-24(21)42-25(18)16-37(3)15-20-4-6-22(7-5-20)29(33,34)35/h4-9,12,18-19,25,39H,10-11,13-17H2,1-3H3,(H,36,40)/t18-,19-,25-/m1/s1. The Hall–Kier alpha value is -3.32. The van der Waals surface area contributed by atoms with Crippen molar-refractivity contribution in [1.82, 2.24) is 9.80 Å². The maximum absolute atomic E-state index is 13.3. The van der Waals surface area contributed by atoms with Gasteiger partial charge in [0.25, 0.3) is 0 Å². The molecular weight excluding hydrogens is 568 g/mol. The summed E-state index contributed by atoms with van der Waals surface area (Å²) in [6.45, 7) is 4.24. The van der Waals surface area contributed by atoms with Gasteiger partial charge in [0.1, 0.15) is 11.9 Å². The average molecular weight is 604 g/mol. The lowest BCUT2D eigenvalue weighted by atomic mass is 10.0. The summed E-state index contributed by atoms with van der Waals surface area (Å²) < 4.78 is 82.7. The number of hydrogen-bond acceptors (Lipinski definition) is 5. The van der Waals surface area contributed by atoms with Crippen LogP contribution in [0.4, 0.5) is 32.0 Å². The van der Waals surface area contributed by atoms with Crippen molar-refractivity contribution < 1.29 is 45.8 Å². The number of aliphatic hydroxyl groups is 1. The number of aliphatic hydroxyl groups excluding tert-OH is 1. The van der Waals surface area contributed by atoms with E-state index in [1.807, 2.05) is 11.8 Å². The van der Waals surface area contributed by atoms with E-state index in [0.717, 1.165) is 12.1 Å². The summed E-state index contributed by atoms with van der Waals surface area (Å²) in [7, 11) is 1.79. The molecule has 2 amide bonds. The topological polar surface area (TPSA) is 82.1 Å². The fourth-order valence-corrected chi connectivity index (χ4v) is 4.69. The lowest BCUT2D eigenvalue weighted by molar-refractivity contribution is -0.142. The average Bonchev–Trinajstić information content (AvgIpc) is 2.94. The minimum atomic E-state index is -4.47. The molecule has 0 saturated heterocycles. The van der Waals surface area contributed by atoms with Crippen molar-refractivity contribution in [2.45, 2.75) is 64.2 Å². The van der Waals surface area contributed by atoms with Crippen LogP contribution in [0.25, 0.3) is 0 Å². The molecule has 1 heterocycles. The third-order valence-electron chi connectivity index (χ3n) is 7.06. The summed E-state index contributed by atoms with van der Waals surface area (Å²) in [5.74, 6) is -0.998. The quantitative estimate of drug-likeness (QED) is 0.382. The summed E-state index contributed by atoms with van der Waals surface area (Å²) in [4.78, 5) is 28.8. The number of anilines is 1. The number of carbonyl (C=O) groups excluding carboxylic acids is 2. The lowest BCUT2D eigenvalue weighted by Gasteiger charge is -2.34. The Labute approximate surface area is 240 Å². The van der Waals surface area contributed by atoms with Crippen LogP contribution in [-0.4, -0.2) is 71.8 Å². The molecule has 1 aliphatic heterocycles. The highest BCUT2D eigenvalue weighted by Gasteiger charge is 2.32. The van der Waals surface area contributed by atoms with Crippen molar-refractivity contribution in [1.29, 1.82) is 0 Å². The molecule has 0 aromatic heterocycles. The summed E-state index contributed by atoms with van der Waals surface area (Å²) in [5.41, 5.74) is 0.547. The first kappa shape index (κ1) is 33.2. The molecule has 0 unspecified atom stereocenters. The molecule has 3 atom stereocenters. The monoisotopic (exact) mass is 603 g/mol. The van der Waals surface area contributed by atoms with Gasteiger partial charge in [-0.3, -0.25) is 14.5 Å². The van der Waals surface area contributed by atoms with Crippen molar-refractivity contribution in [3.8, 4) is 5.75 Å². The molecular formula is C29H35F6N3O4. The largest absolute Gasteiger partial charge is 0.488 e. The van der Waals surface area contributed by atoms with Crippen LogP contribution in [0.3, 0.4) is 0 Å². The van der Waals surface area contributed by atoms with Gasteiger partial charge >= 0.3 is 12.4 Å². The van der Waals surface area contributed by atoms with Crippen LogP contribution in [0.5, 0.6) is 5.75 Å². The zero-order valence-corrected chi connectivity index (χ0v) is 23.6. The van der Waals surface area contributed by atoms with Crippen LogP contribution in [0.1, 0.15) is 43.4 Å². The number of likely N-dealkylation sites (N-methyl/N-ethyl adjacent to an activating group) is 1. The fourth-order valence-electron chi connectivity index (χ4n) is 4.69. The van der Waals surface area contributed by atoms with E-state index >= 15 is 0 Å². The van der Waals surface area contributed by atoms with E-state index in [1.165, 1.54) is 24.3 Å². The van der Waals surface area contributed by atoms with Crippen LogP contribution >= 0.6 is 0 Å². The first-order valence-electron chi connectivity index (χ1n) is 13.5. The second-order valence-electron chi connectivity index (χ2n) is 10.8.